The molecule has 1 atom stereocenters. The summed E-state index contributed by atoms with van der Waals surface area (Å²) >= 11 is 7.40. The Morgan fingerprint density at radius 1 is 1.12 bits per heavy atom. The van der Waals surface area contributed by atoms with Crippen molar-refractivity contribution < 1.29 is 14.3 Å². The van der Waals surface area contributed by atoms with E-state index in [4.69, 9.17) is 16.3 Å². The number of hydrogen-bond acceptors (Lipinski definition) is 4. The van der Waals surface area contributed by atoms with Gasteiger partial charge in [-0.15, -0.1) is 11.8 Å². The Morgan fingerprint density at radius 2 is 1.79 bits per heavy atom. The van der Waals surface area contributed by atoms with Gasteiger partial charge in [0, 0.05) is 16.5 Å². The first-order valence-electron chi connectivity index (χ1n) is 7.44. The predicted octanol–water partition coefficient (Wildman–Crippen LogP) is 3.68. The average Bonchev–Trinajstić information content (AvgIpc) is 2.60. The third-order valence-electron chi connectivity index (χ3n) is 3.19. The van der Waals surface area contributed by atoms with Crippen LogP contribution in [0.1, 0.15) is 12.5 Å². The van der Waals surface area contributed by atoms with Crippen LogP contribution in [0.3, 0.4) is 0 Å². The van der Waals surface area contributed by atoms with Crippen molar-refractivity contribution in [2.24, 2.45) is 0 Å². The summed E-state index contributed by atoms with van der Waals surface area (Å²) in [6, 6.07) is 16.8. The number of esters is 1. The predicted molar refractivity (Wildman–Crippen MR) is 96.0 cm³/mol. The lowest BCUT2D eigenvalue weighted by Gasteiger charge is -2.14. The van der Waals surface area contributed by atoms with Crippen LogP contribution in [0.25, 0.3) is 0 Å². The number of nitrogens with one attached hydrogen (secondary N) is 1. The second-order valence-corrected chi connectivity index (χ2v) is 6.50. The van der Waals surface area contributed by atoms with Gasteiger partial charge in [-0.3, -0.25) is 9.59 Å². The molecular formula is C18H18ClNO3S. The molecule has 0 spiro atoms. The highest BCUT2D eigenvalue weighted by Gasteiger charge is 2.17. The average molecular weight is 364 g/mol. The third kappa shape index (κ3) is 5.91. The Labute approximate surface area is 150 Å². The van der Waals surface area contributed by atoms with Gasteiger partial charge in [-0.1, -0.05) is 48.0 Å². The van der Waals surface area contributed by atoms with E-state index < -0.39 is 12.1 Å². The molecule has 126 valence electrons. The molecule has 2 rings (SSSR count). The second-order valence-electron chi connectivity index (χ2n) is 5.04. The summed E-state index contributed by atoms with van der Waals surface area (Å²) in [7, 11) is 0. The van der Waals surface area contributed by atoms with Gasteiger partial charge >= 0.3 is 5.97 Å². The highest BCUT2D eigenvalue weighted by Crippen LogP contribution is 2.17. The van der Waals surface area contributed by atoms with Crippen molar-refractivity contribution in [3.8, 4) is 0 Å². The van der Waals surface area contributed by atoms with E-state index in [2.05, 4.69) is 5.32 Å². The van der Waals surface area contributed by atoms with Crippen LogP contribution in [-0.2, 0) is 20.9 Å². The minimum atomic E-state index is -0.851. The van der Waals surface area contributed by atoms with E-state index in [1.54, 1.807) is 13.0 Å². The highest BCUT2D eigenvalue weighted by atomic mass is 35.5. The molecule has 0 saturated carbocycles. The van der Waals surface area contributed by atoms with Crippen molar-refractivity contribution in [3.63, 3.8) is 0 Å². The first-order chi connectivity index (χ1) is 11.6. The zero-order valence-corrected chi connectivity index (χ0v) is 14.8. The maximum absolute atomic E-state index is 12.0. The monoisotopic (exact) mass is 363 g/mol. The maximum atomic E-state index is 12.0. The zero-order chi connectivity index (χ0) is 17.4. The first-order valence-corrected chi connectivity index (χ1v) is 8.81. The SMILES string of the molecule is C[C@H](OC(=O)CSc1ccccc1)C(=O)NCc1ccccc1Cl. The largest absolute Gasteiger partial charge is 0.452 e. The number of benzene rings is 2. The van der Waals surface area contributed by atoms with Gasteiger partial charge in [0.2, 0.25) is 0 Å². The maximum Gasteiger partial charge on any atom is 0.317 e. The summed E-state index contributed by atoms with van der Waals surface area (Å²) in [4.78, 5) is 24.8. The molecule has 0 aliphatic rings. The zero-order valence-electron chi connectivity index (χ0n) is 13.2. The number of halogens is 1. The van der Waals surface area contributed by atoms with E-state index in [1.807, 2.05) is 48.5 Å². The lowest BCUT2D eigenvalue weighted by atomic mass is 10.2. The van der Waals surface area contributed by atoms with Gasteiger partial charge < -0.3 is 10.1 Å². The van der Waals surface area contributed by atoms with Crippen LogP contribution in [0, 0.1) is 0 Å². The number of hydrogen-bond donors (Lipinski definition) is 1. The van der Waals surface area contributed by atoms with Crippen molar-refractivity contribution in [1.29, 1.82) is 0 Å². The molecule has 0 unspecified atom stereocenters. The molecular weight excluding hydrogens is 346 g/mol. The molecule has 0 radical (unpaired) electrons. The summed E-state index contributed by atoms with van der Waals surface area (Å²) in [6.07, 6.45) is -0.851. The fourth-order valence-electron chi connectivity index (χ4n) is 1.91. The molecule has 1 amide bonds. The van der Waals surface area contributed by atoms with Crippen molar-refractivity contribution in [2.45, 2.75) is 24.5 Å². The Kier molecular flexibility index (Phi) is 7.15. The van der Waals surface area contributed by atoms with Crippen LogP contribution in [-0.4, -0.2) is 23.7 Å². The Bertz CT molecular complexity index is 694. The van der Waals surface area contributed by atoms with E-state index in [0.29, 0.717) is 11.6 Å². The molecule has 0 heterocycles. The molecule has 0 aliphatic carbocycles. The van der Waals surface area contributed by atoms with Crippen molar-refractivity contribution >= 4 is 35.2 Å². The van der Waals surface area contributed by atoms with E-state index >= 15 is 0 Å². The molecule has 6 heteroatoms. The van der Waals surface area contributed by atoms with Gasteiger partial charge in [0.25, 0.3) is 5.91 Å². The molecule has 24 heavy (non-hydrogen) atoms. The normalized spacial score (nSPS) is 11.6. The van der Waals surface area contributed by atoms with Crippen molar-refractivity contribution in [3.05, 3.63) is 65.2 Å². The van der Waals surface area contributed by atoms with E-state index in [9.17, 15) is 9.59 Å². The van der Waals surface area contributed by atoms with Crippen LogP contribution in [0.5, 0.6) is 0 Å². The van der Waals surface area contributed by atoms with Gasteiger partial charge in [0.05, 0.1) is 5.75 Å². The van der Waals surface area contributed by atoms with Gasteiger partial charge in [-0.2, -0.15) is 0 Å². The van der Waals surface area contributed by atoms with Crippen LogP contribution < -0.4 is 5.32 Å². The van der Waals surface area contributed by atoms with Crippen LogP contribution in [0.4, 0.5) is 0 Å². The molecule has 0 bridgehead atoms. The Balaban J connectivity index is 1.74. The molecule has 2 aromatic carbocycles. The van der Waals surface area contributed by atoms with Gasteiger partial charge in [0.1, 0.15) is 0 Å². The molecule has 0 fully saturated rings. The number of rotatable bonds is 7. The van der Waals surface area contributed by atoms with E-state index in [-0.39, 0.29) is 11.7 Å². The Hall–Kier alpha value is -1.98. The third-order valence-corrected chi connectivity index (χ3v) is 4.54. The second kappa shape index (κ2) is 9.35. The quantitative estimate of drug-likeness (QED) is 0.602. The topological polar surface area (TPSA) is 55.4 Å². The van der Waals surface area contributed by atoms with Crippen LogP contribution in [0.2, 0.25) is 5.02 Å². The fraction of sp³-hybridized carbons (Fsp3) is 0.222. The molecule has 1 N–H and O–H groups in total. The standard InChI is InChI=1S/C18H18ClNO3S/c1-13(18(22)20-11-14-7-5-6-10-16(14)19)23-17(21)12-24-15-8-3-2-4-9-15/h2-10,13H,11-12H2,1H3,(H,20,22)/t13-/m0/s1. The van der Waals surface area contributed by atoms with E-state index in [0.717, 1.165) is 10.5 Å². The van der Waals surface area contributed by atoms with Gasteiger partial charge in [-0.05, 0) is 30.7 Å². The summed E-state index contributed by atoms with van der Waals surface area (Å²) in [5.74, 6) is -0.621. The summed E-state index contributed by atoms with van der Waals surface area (Å²) in [5.41, 5.74) is 0.811. The lowest BCUT2D eigenvalue weighted by molar-refractivity contribution is -0.152. The molecule has 0 aromatic heterocycles. The van der Waals surface area contributed by atoms with Crippen LogP contribution in [0.15, 0.2) is 59.5 Å². The van der Waals surface area contributed by atoms with Crippen molar-refractivity contribution in [2.75, 3.05) is 5.75 Å². The molecule has 2 aromatic rings. The number of carbonyl (C=O) groups is 2. The summed E-state index contributed by atoms with van der Waals surface area (Å²) < 4.78 is 5.15. The first kappa shape index (κ1) is 18.4. The van der Waals surface area contributed by atoms with Gasteiger partial charge in [0.15, 0.2) is 6.10 Å². The number of carbonyl (C=O) groups excluding carboxylic acids is 2. The number of amides is 1. The highest BCUT2D eigenvalue weighted by molar-refractivity contribution is 8.00. The number of ether oxygens (including phenoxy) is 1. The van der Waals surface area contributed by atoms with Crippen LogP contribution >= 0.6 is 23.4 Å². The van der Waals surface area contributed by atoms with Crippen molar-refractivity contribution in [1.82, 2.24) is 5.32 Å². The molecule has 0 saturated heterocycles. The summed E-state index contributed by atoms with van der Waals surface area (Å²) in [5, 5.41) is 3.30. The lowest BCUT2D eigenvalue weighted by Crippen LogP contribution is -2.35. The smallest absolute Gasteiger partial charge is 0.317 e. The number of thioether (sulfide) groups is 1. The minimum absolute atomic E-state index is 0.159. The minimum Gasteiger partial charge on any atom is -0.452 e. The fourth-order valence-corrected chi connectivity index (χ4v) is 2.82. The van der Waals surface area contributed by atoms with Gasteiger partial charge in [-0.25, -0.2) is 0 Å². The Morgan fingerprint density at radius 3 is 2.50 bits per heavy atom. The molecule has 4 nitrogen and oxygen atoms in total. The summed E-state index contributed by atoms with van der Waals surface area (Å²) in [6.45, 7) is 1.84. The molecule has 0 aliphatic heterocycles. The van der Waals surface area contributed by atoms with E-state index in [1.165, 1.54) is 11.8 Å².